The largest absolute Gasteiger partial charge is 0.478 e. The molecule has 0 heterocycles. The van der Waals surface area contributed by atoms with E-state index in [2.05, 4.69) is 20.8 Å². The van der Waals surface area contributed by atoms with Crippen LogP contribution in [0.25, 0.3) is 0 Å². The van der Waals surface area contributed by atoms with Crippen molar-refractivity contribution in [1.29, 1.82) is 0 Å². The minimum Gasteiger partial charge on any atom is -0.478 e. The number of carbonyl (C=O) groups is 1. The average Bonchev–Trinajstić information content (AvgIpc) is 2.40. The lowest BCUT2D eigenvalue weighted by Crippen LogP contribution is -2.10. The van der Waals surface area contributed by atoms with Crippen molar-refractivity contribution in [3.63, 3.8) is 0 Å². The number of ether oxygens (including phenoxy) is 1. The molecule has 4 heteroatoms. The monoisotopic (exact) mass is 304 g/mol. The predicted molar refractivity (Wildman–Crippen MR) is 83.6 cm³/mol. The first-order valence-electron chi connectivity index (χ1n) is 6.58. The summed E-state index contributed by atoms with van der Waals surface area (Å²) >= 11 is 6.06. The molecule has 1 N–H and O–H groups in total. The minimum atomic E-state index is -1.02. The van der Waals surface area contributed by atoms with Crippen LogP contribution in [0.1, 0.15) is 36.7 Å². The fourth-order valence-corrected chi connectivity index (χ4v) is 2.09. The van der Waals surface area contributed by atoms with Crippen LogP contribution in [-0.2, 0) is 5.41 Å². The summed E-state index contributed by atoms with van der Waals surface area (Å²) in [5, 5.41) is 9.19. The average molecular weight is 305 g/mol. The molecule has 0 aromatic heterocycles. The highest BCUT2D eigenvalue weighted by atomic mass is 35.5. The summed E-state index contributed by atoms with van der Waals surface area (Å²) < 4.78 is 5.75. The van der Waals surface area contributed by atoms with E-state index >= 15 is 0 Å². The minimum absolute atomic E-state index is 0.0241. The number of halogens is 1. The standard InChI is InChI=1S/C17H17ClO3/c1-17(2,3)12-5-4-6-13(10-12)21-15-8-7-11(16(19)20)9-14(15)18/h4-10H,1-3H3,(H,19,20). The fraction of sp³-hybridized carbons (Fsp3) is 0.235. The van der Waals surface area contributed by atoms with Crippen LogP contribution < -0.4 is 4.74 Å². The first-order valence-corrected chi connectivity index (χ1v) is 6.96. The zero-order chi connectivity index (χ0) is 15.6. The van der Waals surface area contributed by atoms with Gasteiger partial charge >= 0.3 is 5.97 Å². The molecule has 21 heavy (non-hydrogen) atoms. The Morgan fingerprint density at radius 2 is 1.86 bits per heavy atom. The Labute approximate surface area is 129 Å². The number of rotatable bonds is 3. The molecule has 2 aromatic carbocycles. The summed E-state index contributed by atoms with van der Waals surface area (Å²) in [6.45, 7) is 6.38. The van der Waals surface area contributed by atoms with Crippen molar-refractivity contribution in [1.82, 2.24) is 0 Å². The van der Waals surface area contributed by atoms with Crippen LogP contribution >= 0.6 is 11.6 Å². The molecule has 0 aliphatic heterocycles. The molecular weight excluding hydrogens is 288 g/mol. The third-order valence-corrected chi connectivity index (χ3v) is 3.40. The summed E-state index contributed by atoms with van der Waals surface area (Å²) in [6, 6.07) is 12.2. The van der Waals surface area contributed by atoms with Gasteiger partial charge in [0.1, 0.15) is 11.5 Å². The second-order valence-corrected chi connectivity index (χ2v) is 6.24. The molecule has 0 aliphatic carbocycles. The summed E-state index contributed by atoms with van der Waals surface area (Å²) in [6.07, 6.45) is 0. The Kier molecular flexibility index (Phi) is 4.24. The van der Waals surface area contributed by atoms with Crippen LogP contribution in [0.5, 0.6) is 11.5 Å². The molecule has 0 saturated carbocycles. The molecule has 2 aromatic rings. The van der Waals surface area contributed by atoms with Crippen molar-refractivity contribution in [2.45, 2.75) is 26.2 Å². The zero-order valence-corrected chi connectivity index (χ0v) is 12.9. The van der Waals surface area contributed by atoms with Crippen LogP contribution in [0.15, 0.2) is 42.5 Å². The molecule has 0 bridgehead atoms. The number of hydrogen-bond donors (Lipinski definition) is 1. The summed E-state index contributed by atoms with van der Waals surface area (Å²) in [7, 11) is 0. The second kappa shape index (κ2) is 5.78. The molecule has 0 aliphatic rings. The van der Waals surface area contributed by atoms with Gasteiger partial charge in [0, 0.05) is 0 Å². The van der Waals surface area contributed by atoms with Gasteiger partial charge in [-0.05, 0) is 41.3 Å². The quantitative estimate of drug-likeness (QED) is 0.855. The van der Waals surface area contributed by atoms with Gasteiger partial charge in [-0.15, -0.1) is 0 Å². The van der Waals surface area contributed by atoms with Gasteiger partial charge in [0.2, 0.25) is 0 Å². The van der Waals surface area contributed by atoms with E-state index in [0.717, 1.165) is 5.56 Å². The first-order chi connectivity index (χ1) is 9.77. The summed E-state index contributed by atoms with van der Waals surface area (Å²) in [4.78, 5) is 10.9. The molecule has 0 amide bonds. The van der Waals surface area contributed by atoms with Gasteiger partial charge in [-0.2, -0.15) is 0 Å². The molecular formula is C17H17ClO3. The highest BCUT2D eigenvalue weighted by molar-refractivity contribution is 6.32. The Hall–Kier alpha value is -2.00. The maximum Gasteiger partial charge on any atom is 0.335 e. The number of hydrogen-bond acceptors (Lipinski definition) is 2. The van der Waals surface area contributed by atoms with Crippen LogP contribution in [0.3, 0.4) is 0 Å². The molecule has 0 radical (unpaired) electrons. The molecule has 0 atom stereocenters. The van der Waals surface area contributed by atoms with E-state index < -0.39 is 5.97 Å². The van der Waals surface area contributed by atoms with E-state index in [1.54, 1.807) is 6.07 Å². The maximum absolute atomic E-state index is 10.9. The first kappa shape index (κ1) is 15.4. The molecule has 110 valence electrons. The van der Waals surface area contributed by atoms with Crippen LogP contribution in [0.2, 0.25) is 5.02 Å². The number of aromatic carboxylic acids is 1. The van der Waals surface area contributed by atoms with Gasteiger partial charge in [0.15, 0.2) is 0 Å². The highest BCUT2D eigenvalue weighted by Gasteiger charge is 2.15. The van der Waals surface area contributed by atoms with Crippen molar-refractivity contribution >= 4 is 17.6 Å². The summed E-state index contributed by atoms with van der Waals surface area (Å²) in [5.74, 6) is 0.0957. The van der Waals surface area contributed by atoms with Crippen molar-refractivity contribution < 1.29 is 14.6 Å². The van der Waals surface area contributed by atoms with Crippen LogP contribution in [-0.4, -0.2) is 11.1 Å². The normalized spacial score (nSPS) is 11.2. The van der Waals surface area contributed by atoms with E-state index in [1.807, 2.05) is 24.3 Å². The number of carboxylic acid groups (broad SMARTS) is 1. The fourth-order valence-electron chi connectivity index (χ4n) is 1.87. The van der Waals surface area contributed by atoms with E-state index in [4.69, 9.17) is 21.4 Å². The molecule has 2 rings (SSSR count). The number of benzene rings is 2. The molecule has 3 nitrogen and oxygen atoms in total. The van der Waals surface area contributed by atoms with Gasteiger partial charge in [-0.25, -0.2) is 4.79 Å². The second-order valence-electron chi connectivity index (χ2n) is 5.83. The molecule has 0 spiro atoms. The lowest BCUT2D eigenvalue weighted by molar-refractivity contribution is 0.0697. The Morgan fingerprint density at radius 3 is 2.43 bits per heavy atom. The lowest BCUT2D eigenvalue weighted by Gasteiger charge is -2.19. The molecule has 0 fully saturated rings. The third kappa shape index (κ3) is 3.76. The topological polar surface area (TPSA) is 46.5 Å². The van der Waals surface area contributed by atoms with Gasteiger partial charge in [0.25, 0.3) is 0 Å². The predicted octanol–water partition coefficient (Wildman–Crippen LogP) is 5.13. The summed E-state index contributed by atoms with van der Waals surface area (Å²) in [5.41, 5.74) is 1.31. The van der Waals surface area contributed by atoms with Crippen LogP contribution in [0, 0.1) is 0 Å². The van der Waals surface area contributed by atoms with Gasteiger partial charge in [0.05, 0.1) is 10.6 Å². The Bertz CT molecular complexity index is 672. The van der Waals surface area contributed by atoms with E-state index in [9.17, 15) is 4.79 Å². The van der Waals surface area contributed by atoms with Crippen molar-refractivity contribution in [3.8, 4) is 11.5 Å². The van der Waals surface area contributed by atoms with Gasteiger partial charge in [-0.3, -0.25) is 0 Å². The Balaban J connectivity index is 2.28. The van der Waals surface area contributed by atoms with Crippen LogP contribution in [0.4, 0.5) is 0 Å². The zero-order valence-electron chi connectivity index (χ0n) is 12.2. The van der Waals surface area contributed by atoms with Crippen molar-refractivity contribution in [2.24, 2.45) is 0 Å². The van der Waals surface area contributed by atoms with Gasteiger partial charge < -0.3 is 9.84 Å². The highest BCUT2D eigenvalue weighted by Crippen LogP contribution is 2.32. The van der Waals surface area contributed by atoms with Crippen molar-refractivity contribution in [2.75, 3.05) is 0 Å². The smallest absolute Gasteiger partial charge is 0.335 e. The van der Waals surface area contributed by atoms with E-state index in [-0.39, 0.29) is 16.0 Å². The van der Waals surface area contributed by atoms with E-state index in [0.29, 0.717) is 11.5 Å². The Morgan fingerprint density at radius 1 is 1.14 bits per heavy atom. The van der Waals surface area contributed by atoms with Crippen molar-refractivity contribution in [3.05, 3.63) is 58.6 Å². The maximum atomic E-state index is 10.9. The lowest BCUT2D eigenvalue weighted by atomic mass is 9.87. The molecule has 0 unspecified atom stereocenters. The number of carboxylic acids is 1. The SMILES string of the molecule is CC(C)(C)c1cccc(Oc2ccc(C(=O)O)cc2Cl)c1. The van der Waals surface area contributed by atoms with Gasteiger partial charge in [-0.1, -0.05) is 44.5 Å². The third-order valence-electron chi connectivity index (χ3n) is 3.11. The molecule has 0 saturated heterocycles. The van der Waals surface area contributed by atoms with E-state index in [1.165, 1.54) is 12.1 Å².